The number of nitrogens with zero attached hydrogens (tertiary/aromatic N) is 1. The maximum absolute atomic E-state index is 12.6. The summed E-state index contributed by atoms with van der Waals surface area (Å²) < 4.78 is 0. The monoisotopic (exact) mass is 254 g/mol. The zero-order chi connectivity index (χ0) is 13.7. The molecular formula is C15H30N2O. The van der Waals surface area contributed by atoms with Gasteiger partial charge < -0.3 is 10.2 Å². The summed E-state index contributed by atoms with van der Waals surface area (Å²) in [6, 6.07) is 0.341. The number of nitrogens with one attached hydrogen (secondary N) is 1. The van der Waals surface area contributed by atoms with E-state index in [1.807, 2.05) is 4.90 Å². The van der Waals surface area contributed by atoms with Crippen molar-refractivity contribution in [3.05, 3.63) is 0 Å². The average molecular weight is 254 g/mol. The molecule has 0 aliphatic carbocycles. The van der Waals surface area contributed by atoms with Gasteiger partial charge in [-0.2, -0.15) is 0 Å². The molecule has 0 aromatic rings. The van der Waals surface area contributed by atoms with Gasteiger partial charge in [-0.15, -0.1) is 0 Å². The second-order valence-electron chi connectivity index (χ2n) is 6.28. The fourth-order valence-corrected chi connectivity index (χ4v) is 2.70. The first-order valence-electron chi connectivity index (χ1n) is 7.49. The van der Waals surface area contributed by atoms with Crippen LogP contribution in [-0.4, -0.2) is 36.0 Å². The highest BCUT2D eigenvalue weighted by atomic mass is 16.2. The van der Waals surface area contributed by atoms with Gasteiger partial charge in [0.05, 0.1) is 6.04 Å². The van der Waals surface area contributed by atoms with Gasteiger partial charge in [0, 0.05) is 12.6 Å². The van der Waals surface area contributed by atoms with Crippen LogP contribution in [0.15, 0.2) is 0 Å². The van der Waals surface area contributed by atoms with Crippen LogP contribution in [-0.2, 0) is 4.79 Å². The van der Waals surface area contributed by atoms with E-state index in [4.69, 9.17) is 0 Å². The van der Waals surface area contributed by atoms with Crippen LogP contribution in [0.5, 0.6) is 0 Å². The molecule has 18 heavy (non-hydrogen) atoms. The topological polar surface area (TPSA) is 32.3 Å². The SMILES string of the molecule is CCC1CCNC(C(=O)N(CC(C)C)C(C)C)C1. The van der Waals surface area contributed by atoms with E-state index in [9.17, 15) is 4.79 Å². The molecule has 2 atom stereocenters. The van der Waals surface area contributed by atoms with Crippen LogP contribution in [0.1, 0.15) is 53.9 Å². The van der Waals surface area contributed by atoms with Gasteiger partial charge in [-0.1, -0.05) is 27.2 Å². The fourth-order valence-electron chi connectivity index (χ4n) is 2.70. The van der Waals surface area contributed by atoms with Crippen molar-refractivity contribution in [1.82, 2.24) is 10.2 Å². The number of piperidine rings is 1. The van der Waals surface area contributed by atoms with E-state index in [-0.39, 0.29) is 6.04 Å². The Hall–Kier alpha value is -0.570. The number of carbonyl (C=O) groups is 1. The molecule has 3 heteroatoms. The average Bonchev–Trinajstić information content (AvgIpc) is 2.34. The number of amides is 1. The molecular weight excluding hydrogens is 224 g/mol. The van der Waals surface area contributed by atoms with Gasteiger partial charge in [-0.25, -0.2) is 0 Å². The van der Waals surface area contributed by atoms with E-state index in [0.29, 0.717) is 23.8 Å². The van der Waals surface area contributed by atoms with Crippen molar-refractivity contribution in [2.75, 3.05) is 13.1 Å². The Labute approximate surface area is 112 Å². The highest BCUT2D eigenvalue weighted by Gasteiger charge is 2.30. The molecule has 1 aliphatic rings. The molecule has 1 amide bonds. The van der Waals surface area contributed by atoms with Crippen LogP contribution in [0.25, 0.3) is 0 Å². The molecule has 1 heterocycles. The molecule has 1 N–H and O–H groups in total. The number of hydrogen-bond acceptors (Lipinski definition) is 2. The molecule has 0 spiro atoms. The van der Waals surface area contributed by atoms with Crippen LogP contribution in [0, 0.1) is 11.8 Å². The third kappa shape index (κ3) is 4.27. The van der Waals surface area contributed by atoms with Crippen molar-refractivity contribution < 1.29 is 4.79 Å². The first-order chi connectivity index (χ1) is 8.45. The molecule has 3 nitrogen and oxygen atoms in total. The van der Waals surface area contributed by atoms with E-state index < -0.39 is 0 Å². The third-order valence-electron chi connectivity index (χ3n) is 3.86. The highest BCUT2D eigenvalue weighted by Crippen LogP contribution is 2.21. The van der Waals surface area contributed by atoms with E-state index in [2.05, 4.69) is 39.9 Å². The quantitative estimate of drug-likeness (QED) is 0.818. The molecule has 0 aromatic heterocycles. The summed E-state index contributed by atoms with van der Waals surface area (Å²) in [5.41, 5.74) is 0. The highest BCUT2D eigenvalue weighted by molar-refractivity contribution is 5.82. The Morgan fingerprint density at radius 2 is 2.00 bits per heavy atom. The van der Waals surface area contributed by atoms with Crippen molar-refractivity contribution in [1.29, 1.82) is 0 Å². The second kappa shape index (κ2) is 7.13. The molecule has 1 aliphatic heterocycles. The summed E-state index contributed by atoms with van der Waals surface area (Å²) >= 11 is 0. The summed E-state index contributed by atoms with van der Waals surface area (Å²) in [7, 11) is 0. The van der Waals surface area contributed by atoms with Gasteiger partial charge in [-0.3, -0.25) is 4.79 Å². The molecule has 1 saturated heterocycles. The molecule has 0 aromatic carbocycles. The molecule has 0 bridgehead atoms. The number of hydrogen-bond donors (Lipinski definition) is 1. The smallest absolute Gasteiger partial charge is 0.239 e. The maximum atomic E-state index is 12.6. The Morgan fingerprint density at radius 3 is 2.50 bits per heavy atom. The fraction of sp³-hybridized carbons (Fsp3) is 0.933. The Bertz CT molecular complexity index is 263. The van der Waals surface area contributed by atoms with Crippen LogP contribution in [0.4, 0.5) is 0 Å². The van der Waals surface area contributed by atoms with Gasteiger partial charge in [0.15, 0.2) is 0 Å². The molecule has 0 radical (unpaired) electrons. The Balaban J connectivity index is 2.64. The van der Waals surface area contributed by atoms with Crippen LogP contribution >= 0.6 is 0 Å². The summed E-state index contributed by atoms with van der Waals surface area (Å²) in [5, 5.41) is 3.40. The first kappa shape index (κ1) is 15.5. The van der Waals surface area contributed by atoms with E-state index in [1.54, 1.807) is 0 Å². The third-order valence-corrected chi connectivity index (χ3v) is 3.86. The van der Waals surface area contributed by atoms with Gasteiger partial charge in [0.2, 0.25) is 5.91 Å². The minimum atomic E-state index is 0.0462. The Morgan fingerprint density at radius 1 is 1.33 bits per heavy atom. The molecule has 0 saturated carbocycles. The first-order valence-corrected chi connectivity index (χ1v) is 7.49. The predicted octanol–water partition coefficient (Wildman–Crippen LogP) is 2.66. The van der Waals surface area contributed by atoms with Crippen LogP contribution in [0.3, 0.4) is 0 Å². The standard InChI is InChI=1S/C15H30N2O/c1-6-13-7-8-16-14(9-13)15(18)17(12(4)5)10-11(2)3/h11-14,16H,6-10H2,1-5H3. The van der Waals surface area contributed by atoms with E-state index in [0.717, 1.165) is 19.5 Å². The van der Waals surface area contributed by atoms with Crippen molar-refractivity contribution in [3.8, 4) is 0 Å². The van der Waals surface area contributed by atoms with Crippen molar-refractivity contribution in [3.63, 3.8) is 0 Å². The lowest BCUT2D eigenvalue weighted by molar-refractivity contribution is -0.136. The number of carbonyl (C=O) groups excluding carboxylic acids is 1. The lowest BCUT2D eigenvalue weighted by Crippen LogP contribution is -2.53. The predicted molar refractivity (Wildman–Crippen MR) is 76.5 cm³/mol. The zero-order valence-corrected chi connectivity index (χ0v) is 12.7. The van der Waals surface area contributed by atoms with Crippen LogP contribution in [0.2, 0.25) is 0 Å². The molecule has 106 valence electrons. The molecule has 1 rings (SSSR count). The lowest BCUT2D eigenvalue weighted by atomic mass is 9.89. The molecule has 1 fully saturated rings. The van der Waals surface area contributed by atoms with Gasteiger partial charge in [0.1, 0.15) is 0 Å². The maximum Gasteiger partial charge on any atom is 0.239 e. The van der Waals surface area contributed by atoms with Gasteiger partial charge in [-0.05, 0) is 45.1 Å². The second-order valence-corrected chi connectivity index (χ2v) is 6.28. The Kier molecular flexibility index (Phi) is 6.13. The molecule has 2 unspecified atom stereocenters. The summed E-state index contributed by atoms with van der Waals surface area (Å²) in [5.74, 6) is 1.55. The van der Waals surface area contributed by atoms with E-state index >= 15 is 0 Å². The van der Waals surface area contributed by atoms with Crippen molar-refractivity contribution in [2.24, 2.45) is 11.8 Å². The minimum Gasteiger partial charge on any atom is -0.339 e. The largest absolute Gasteiger partial charge is 0.339 e. The van der Waals surface area contributed by atoms with Gasteiger partial charge >= 0.3 is 0 Å². The van der Waals surface area contributed by atoms with Crippen LogP contribution < -0.4 is 5.32 Å². The van der Waals surface area contributed by atoms with E-state index in [1.165, 1.54) is 12.8 Å². The minimum absolute atomic E-state index is 0.0462. The number of rotatable bonds is 5. The normalized spacial score (nSPS) is 24.6. The van der Waals surface area contributed by atoms with Crippen molar-refractivity contribution in [2.45, 2.75) is 66.0 Å². The summed E-state index contributed by atoms with van der Waals surface area (Å²) in [6.07, 6.45) is 3.42. The summed E-state index contributed by atoms with van der Waals surface area (Å²) in [4.78, 5) is 14.6. The summed E-state index contributed by atoms with van der Waals surface area (Å²) in [6.45, 7) is 12.7. The van der Waals surface area contributed by atoms with Crippen molar-refractivity contribution >= 4 is 5.91 Å². The zero-order valence-electron chi connectivity index (χ0n) is 12.7. The lowest BCUT2D eigenvalue weighted by Gasteiger charge is -2.36. The van der Waals surface area contributed by atoms with Gasteiger partial charge in [0.25, 0.3) is 0 Å².